The number of carbonyl (C=O) groups is 1. The van der Waals surface area contributed by atoms with Crippen molar-refractivity contribution in [2.24, 2.45) is 0 Å². The molecule has 0 spiro atoms. The van der Waals surface area contributed by atoms with Crippen molar-refractivity contribution in [3.05, 3.63) is 59.4 Å². The zero-order valence-corrected chi connectivity index (χ0v) is 17.9. The van der Waals surface area contributed by atoms with Gasteiger partial charge >= 0.3 is 0 Å². The van der Waals surface area contributed by atoms with Crippen LogP contribution in [0.5, 0.6) is 0 Å². The summed E-state index contributed by atoms with van der Waals surface area (Å²) in [7, 11) is -4.07. The Balaban J connectivity index is 1.61. The summed E-state index contributed by atoms with van der Waals surface area (Å²) in [5, 5.41) is 13.4. The van der Waals surface area contributed by atoms with Crippen molar-refractivity contribution in [1.29, 1.82) is 0 Å². The van der Waals surface area contributed by atoms with Gasteiger partial charge in [0.2, 0.25) is 10.0 Å². The van der Waals surface area contributed by atoms with Crippen molar-refractivity contribution in [1.82, 2.24) is 24.5 Å². The Kier molecular flexibility index (Phi) is 5.98. The van der Waals surface area contributed by atoms with Crippen LogP contribution in [0, 0.1) is 18.6 Å². The highest BCUT2D eigenvalue weighted by atomic mass is 32.2. The van der Waals surface area contributed by atoms with E-state index in [2.05, 4.69) is 20.8 Å². The van der Waals surface area contributed by atoms with Crippen molar-refractivity contribution in [2.75, 3.05) is 18.4 Å². The van der Waals surface area contributed by atoms with Gasteiger partial charge < -0.3 is 5.32 Å². The van der Waals surface area contributed by atoms with Crippen LogP contribution in [0.15, 0.2) is 41.3 Å². The maximum absolute atomic E-state index is 14.4. The molecule has 0 radical (unpaired) electrons. The molecule has 1 aliphatic heterocycles. The fourth-order valence-electron chi connectivity index (χ4n) is 3.50. The van der Waals surface area contributed by atoms with Crippen LogP contribution in [0.25, 0.3) is 5.69 Å². The number of nitrogens with one attached hydrogen (secondary N) is 1. The molecule has 1 fully saturated rings. The van der Waals surface area contributed by atoms with E-state index in [1.165, 1.54) is 27.2 Å². The minimum absolute atomic E-state index is 0.0257. The summed E-state index contributed by atoms with van der Waals surface area (Å²) < 4.78 is 56.8. The first kappa shape index (κ1) is 22.0. The Bertz CT molecular complexity index is 1270. The summed E-state index contributed by atoms with van der Waals surface area (Å²) >= 11 is 0. The molecule has 2 heterocycles. The molecule has 0 bridgehead atoms. The zero-order chi connectivity index (χ0) is 22.9. The van der Waals surface area contributed by atoms with E-state index in [0.29, 0.717) is 31.8 Å². The third-order valence-corrected chi connectivity index (χ3v) is 7.10. The number of carbonyl (C=O) groups excluding carboxylic acids is 1. The molecule has 1 amide bonds. The van der Waals surface area contributed by atoms with Crippen molar-refractivity contribution in [2.45, 2.75) is 31.1 Å². The zero-order valence-electron chi connectivity index (χ0n) is 17.1. The van der Waals surface area contributed by atoms with Crippen LogP contribution in [0.2, 0.25) is 0 Å². The van der Waals surface area contributed by atoms with Crippen molar-refractivity contribution in [3.8, 4) is 5.69 Å². The molecule has 0 aliphatic carbocycles. The van der Waals surface area contributed by atoms with Gasteiger partial charge in [0, 0.05) is 24.3 Å². The maximum atomic E-state index is 14.4. The van der Waals surface area contributed by atoms with Gasteiger partial charge in [-0.1, -0.05) is 6.42 Å². The molecule has 9 nitrogen and oxygen atoms in total. The van der Waals surface area contributed by atoms with Crippen molar-refractivity contribution in [3.63, 3.8) is 0 Å². The lowest BCUT2D eigenvalue weighted by atomic mass is 10.2. The number of tetrazole rings is 1. The molecule has 1 aromatic heterocycles. The minimum Gasteiger partial charge on any atom is -0.322 e. The number of halogens is 2. The third kappa shape index (κ3) is 4.23. The molecule has 1 saturated heterocycles. The van der Waals surface area contributed by atoms with E-state index in [1.807, 2.05) is 0 Å². The SMILES string of the molecule is Cc1nnnn1-c1cc(NC(=O)c2ccc(F)c(S(=O)(=O)N3CCCCC3)c2)ccc1F. The Morgan fingerprint density at radius 2 is 1.75 bits per heavy atom. The molecule has 0 atom stereocenters. The maximum Gasteiger partial charge on any atom is 0.255 e. The highest BCUT2D eigenvalue weighted by molar-refractivity contribution is 7.89. The normalized spacial score (nSPS) is 15.0. The topological polar surface area (TPSA) is 110 Å². The first-order chi connectivity index (χ1) is 15.3. The van der Waals surface area contributed by atoms with Gasteiger partial charge in [-0.25, -0.2) is 17.2 Å². The van der Waals surface area contributed by atoms with Crippen LogP contribution in [-0.4, -0.2) is 51.9 Å². The summed E-state index contributed by atoms with van der Waals surface area (Å²) in [5.74, 6) is -1.86. The van der Waals surface area contributed by atoms with Gasteiger partial charge in [-0.15, -0.1) is 5.10 Å². The number of piperidine rings is 1. The lowest BCUT2D eigenvalue weighted by Gasteiger charge is -2.26. The average molecular weight is 462 g/mol. The van der Waals surface area contributed by atoms with Crippen molar-refractivity contribution < 1.29 is 22.0 Å². The first-order valence-electron chi connectivity index (χ1n) is 9.93. The highest BCUT2D eigenvalue weighted by Gasteiger charge is 2.29. The molecule has 2 aromatic carbocycles. The Morgan fingerprint density at radius 1 is 1.03 bits per heavy atom. The molecule has 168 valence electrons. The molecule has 3 aromatic rings. The van der Waals surface area contributed by atoms with Gasteiger partial charge in [0.25, 0.3) is 5.91 Å². The smallest absolute Gasteiger partial charge is 0.255 e. The molecule has 4 rings (SSSR count). The lowest BCUT2D eigenvalue weighted by molar-refractivity contribution is 0.102. The van der Waals surface area contributed by atoms with E-state index in [0.717, 1.165) is 24.6 Å². The second-order valence-electron chi connectivity index (χ2n) is 7.37. The Hall–Kier alpha value is -3.25. The van der Waals surface area contributed by atoms with Gasteiger partial charge in [-0.2, -0.15) is 8.99 Å². The van der Waals surface area contributed by atoms with E-state index >= 15 is 0 Å². The van der Waals surface area contributed by atoms with E-state index in [1.54, 1.807) is 6.92 Å². The van der Waals surface area contributed by atoms with Crippen molar-refractivity contribution >= 4 is 21.6 Å². The number of anilines is 1. The van der Waals surface area contributed by atoms with Crippen LogP contribution in [-0.2, 0) is 10.0 Å². The fourth-order valence-corrected chi connectivity index (χ4v) is 5.10. The van der Waals surface area contributed by atoms with Gasteiger partial charge in [0.1, 0.15) is 22.2 Å². The average Bonchev–Trinajstić information content (AvgIpc) is 3.21. The summed E-state index contributed by atoms with van der Waals surface area (Å²) in [4.78, 5) is 12.2. The second-order valence-corrected chi connectivity index (χ2v) is 9.27. The quantitative estimate of drug-likeness (QED) is 0.624. The summed E-state index contributed by atoms with van der Waals surface area (Å²) in [5.41, 5.74) is 0.204. The number of hydrogen-bond acceptors (Lipinski definition) is 6. The highest BCUT2D eigenvalue weighted by Crippen LogP contribution is 2.25. The third-order valence-electron chi connectivity index (χ3n) is 5.18. The van der Waals surface area contributed by atoms with Crippen LogP contribution in [0.1, 0.15) is 35.4 Å². The molecule has 32 heavy (non-hydrogen) atoms. The molecule has 1 aliphatic rings. The molecular formula is C20H20F2N6O3S. The predicted molar refractivity (Wildman–Crippen MR) is 111 cm³/mol. The molecule has 1 N–H and O–H groups in total. The number of sulfonamides is 1. The largest absolute Gasteiger partial charge is 0.322 e. The lowest BCUT2D eigenvalue weighted by Crippen LogP contribution is -2.36. The van der Waals surface area contributed by atoms with Gasteiger partial charge in [0.15, 0.2) is 5.82 Å². The molecule has 0 unspecified atom stereocenters. The second kappa shape index (κ2) is 8.71. The van der Waals surface area contributed by atoms with Crippen LogP contribution in [0.4, 0.5) is 14.5 Å². The van der Waals surface area contributed by atoms with Gasteiger partial charge in [-0.05, 0) is 66.6 Å². The Morgan fingerprint density at radius 3 is 2.44 bits per heavy atom. The summed E-state index contributed by atoms with van der Waals surface area (Å²) in [6, 6.07) is 6.98. The van der Waals surface area contributed by atoms with Crippen LogP contribution >= 0.6 is 0 Å². The number of amides is 1. The minimum atomic E-state index is -4.07. The monoisotopic (exact) mass is 462 g/mol. The number of aryl methyl sites for hydroxylation is 1. The Labute approximate surface area is 183 Å². The number of rotatable bonds is 5. The number of benzene rings is 2. The first-order valence-corrected chi connectivity index (χ1v) is 11.4. The van der Waals surface area contributed by atoms with E-state index in [-0.39, 0.29) is 16.9 Å². The number of nitrogens with zero attached hydrogens (tertiary/aromatic N) is 5. The number of aromatic nitrogens is 4. The molecule has 0 saturated carbocycles. The standard InChI is InChI=1S/C20H20F2N6O3S/c1-13-24-25-26-28(13)18-12-15(6-8-16(18)21)23-20(29)14-5-7-17(22)19(11-14)32(30,31)27-9-3-2-4-10-27/h5-8,11-12H,2-4,9-10H2,1H3,(H,23,29). The van der Waals surface area contributed by atoms with Crippen LogP contribution in [0.3, 0.4) is 0 Å². The predicted octanol–water partition coefficient (Wildman–Crippen LogP) is 2.68. The fraction of sp³-hybridized carbons (Fsp3) is 0.300. The van der Waals surface area contributed by atoms with E-state index in [9.17, 15) is 22.0 Å². The van der Waals surface area contributed by atoms with Gasteiger partial charge in [0.05, 0.1) is 0 Å². The molecular weight excluding hydrogens is 442 g/mol. The van der Waals surface area contributed by atoms with Crippen LogP contribution < -0.4 is 5.32 Å². The molecule has 12 heteroatoms. The van der Waals surface area contributed by atoms with Gasteiger partial charge in [-0.3, -0.25) is 4.79 Å². The van der Waals surface area contributed by atoms with E-state index < -0.39 is 32.5 Å². The summed E-state index contributed by atoms with van der Waals surface area (Å²) in [6.07, 6.45) is 2.32. The summed E-state index contributed by atoms with van der Waals surface area (Å²) in [6.45, 7) is 2.22. The van der Waals surface area contributed by atoms with E-state index in [4.69, 9.17) is 0 Å². The number of hydrogen-bond donors (Lipinski definition) is 1.